The Morgan fingerprint density at radius 1 is 1.22 bits per heavy atom. The lowest BCUT2D eigenvalue weighted by Gasteiger charge is -2.16. The lowest BCUT2D eigenvalue weighted by atomic mass is 9.99. The van der Waals surface area contributed by atoms with E-state index in [1.54, 1.807) is 22.9 Å². The number of rotatable bonds is 4. The van der Waals surface area contributed by atoms with Crippen LogP contribution in [0.2, 0.25) is 5.02 Å². The third kappa shape index (κ3) is 3.78. The van der Waals surface area contributed by atoms with Gasteiger partial charge in [-0.1, -0.05) is 18.5 Å². The Bertz CT molecular complexity index is 1710. The van der Waals surface area contributed by atoms with Crippen molar-refractivity contribution in [1.82, 2.24) is 39.7 Å². The summed E-state index contributed by atoms with van der Waals surface area (Å²) in [6.07, 6.45) is 3.75. The minimum atomic E-state index is -0.649. The van der Waals surface area contributed by atoms with Crippen LogP contribution in [0.15, 0.2) is 53.7 Å². The summed E-state index contributed by atoms with van der Waals surface area (Å²) in [5, 5.41) is 11.1. The van der Waals surface area contributed by atoms with Crippen molar-refractivity contribution in [3.63, 3.8) is 0 Å². The summed E-state index contributed by atoms with van der Waals surface area (Å²) in [6, 6.07) is 9.61. The summed E-state index contributed by atoms with van der Waals surface area (Å²) >= 11 is 6.12. The molecule has 12 heteroatoms. The lowest BCUT2D eigenvalue weighted by Crippen LogP contribution is -2.24. The minimum absolute atomic E-state index is 0.0184. The maximum absolute atomic E-state index is 15.3. The summed E-state index contributed by atoms with van der Waals surface area (Å²) in [4.78, 5) is 25.8. The van der Waals surface area contributed by atoms with Crippen LogP contribution in [0.1, 0.15) is 42.5 Å². The van der Waals surface area contributed by atoms with Gasteiger partial charge in [-0.3, -0.25) is 4.79 Å². The van der Waals surface area contributed by atoms with Gasteiger partial charge in [0, 0.05) is 28.6 Å². The second kappa shape index (κ2) is 8.63. The van der Waals surface area contributed by atoms with E-state index in [0.717, 1.165) is 22.6 Å². The summed E-state index contributed by atoms with van der Waals surface area (Å²) in [7, 11) is 0. The number of imidazole rings is 1. The van der Waals surface area contributed by atoms with Gasteiger partial charge in [-0.05, 0) is 65.6 Å². The van der Waals surface area contributed by atoms with Crippen molar-refractivity contribution in [3.8, 4) is 28.1 Å². The number of aromatic amines is 1. The molecule has 10 nitrogen and oxygen atoms in total. The number of nitrogen functional groups attached to an aromatic ring is 1. The molecule has 0 amide bonds. The fourth-order valence-electron chi connectivity index (χ4n) is 5.04. The number of nitrogens with one attached hydrogen (secondary N) is 1. The highest BCUT2D eigenvalue weighted by Crippen LogP contribution is 2.41. The quantitative estimate of drug-likeness (QED) is 0.367. The molecule has 0 bridgehead atoms. The summed E-state index contributed by atoms with van der Waals surface area (Å²) in [5.41, 5.74) is 9.67. The molecular formula is C25H21ClFN9O. The van der Waals surface area contributed by atoms with Gasteiger partial charge >= 0.3 is 0 Å². The molecule has 0 unspecified atom stereocenters. The Hall–Kier alpha value is -4.38. The van der Waals surface area contributed by atoms with E-state index < -0.39 is 5.82 Å². The number of fused-ring (bicyclic) bond motifs is 1. The van der Waals surface area contributed by atoms with Crippen molar-refractivity contribution in [1.29, 1.82) is 0 Å². The first-order chi connectivity index (χ1) is 17.8. The number of nitrogens with zero attached hydrogens (tertiary/aromatic N) is 7. The van der Waals surface area contributed by atoms with E-state index in [4.69, 9.17) is 17.3 Å². The molecule has 1 aliphatic heterocycles. The maximum Gasteiger partial charge on any atom is 0.252 e. The Balaban J connectivity index is 1.44. The van der Waals surface area contributed by atoms with Crippen molar-refractivity contribution in [3.05, 3.63) is 87.3 Å². The van der Waals surface area contributed by atoms with Gasteiger partial charge in [-0.2, -0.15) is 4.68 Å². The molecule has 1 aliphatic rings. The van der Waals surface area contributed by atoms with Crippen LogP contribution in [0.25, 0.3) is 28.1 Å². The Morgan fingerprint density at radius 2 is 2.05 bits per heavy atom. The van der Waals surface area contributed by atoms with E-state index in [0.29, 0.717) is 29.3 Å². The predicted molar refractivity (Wildman–Crippen MR) is 136 cm³/mol. The number of anilines is 1. The minimum Gasteiger partial charge on any atom is -0.384 e. The van der Waals surface area contributed by atoms with Gasteiger partial charge < -0.3 is 15.3 Å². The van der Waals surface area contributed by atoms with Gasteiger partial charge in [-0.25, -0.2) is 14.4 Å². The zero-order valence-corrected chi connectivity index (χ0v) is 20.6. The van der Waals surface area contributed by atoms with Crippen LogP contribution in [0, 0.1) is 12.7 Å². The van der Waals surface area contributed by atoms with E-state index in [-0.39, 0.29) is 28.1 Å². The Kier molecular flexibility index (Phi) is 5.37. The fourth-order valence-corrected chi connectivity index (χ4v) is 5.20. The van der Waals surface area contributed by atoms with Gasteiger partial charge in [0.25, 0.3) is 5.56 Å². The van der Waals surface area contributed by atoms with Crippen LogP contribution in [-0.4, -0.2) is 39.7 Å². The van der Waals surface area contributed by atoms with Crippen LogP contribution in [-0.2, 0) is 0 Å². The van der Waals surface area contributed by atoms with E-state index >= 15 is 4.39 Å². The second-order valence-electron chi connectivity index (χ2n) is 9.09. The number of hydrogen-bond acceptors (Lipinski definition) is 7. The smallest absolute Gasteiger partial charge is 0.252 e. The third-order valence-electron chi connectivity index (χ3n) is 6.76. The van der Waals surface area contributed by atoms with Gasteiger partial charge in [-0.15, -0.1) is 5.10 Å². The zero-order chi connectivity index (χ0) is 25.8. The number of hydrogen-bond donors (Lipinski definition) is 2. The molecule has 2 atom stereocenters. The molecule has 0 fully saturated rings. The molecule has 37 heavy (non-hydrogen) atoms. The topological polar surface area (TPSA) is 133 Å². The number of aromatic nitrogens is 8. The van der Waals surface area contributed by atoms with E-state index in [2.05, 4.69) is 30.5 Å². The van der Waals surface area contributed by atoms with Crippen molar-refractivity contribution >= 4 is 17.4 Å². The lowest BCUT2D eigenvalue weighted by molar-refractivity contribution is 0.557. The standard InChI is InChI=1S/C25H21ClFN9O/c1-12-7-20(25-29-10-17(32-25)15-3-6-21(28)31-13(15)2)36-19(12)8-14(9-22(36)37)23-18(35-11-30-33-34-35)5-4-16(26)24(23)27/h3-6,8-12,20H,7H2,1-2H3,(H2,28,31)(H,29,32)/t12-,20+/m1/s1. The SMILES string of the molecule is Cc1nc(N)ccc1-c1cnc([C@@H]2C[C@@H](C)c3cc(-c4c(-n5cnnn5)ccc(Cl)c4F)cc(=O)n32)[nH]1. The molecule has 186 valence electrons. The van der Waals surface area contributed by atoms with Crippen molar-refractivity contribution in [2.75, 3.05) is 5.73 Å². The van der Waals surface area contributed by atoms with Gasteiger partial charge in [0.1, 0.15) is 18.0 Å². The van der Waals surface area contributed by atoms with Gasteiger partial charge in [0.15, 0.2) is 5.82 Å². The average molecular weight is 518 g/mol. The third-order valence-corrected chi connectivity index (χ3v) is 7.05. The first-order valence-corrected chi connectivity index (χ1v) is 12.0. The summed E-state index contributed by atoms with van der Waals surface area (Å²) in [5.74, 6) is 0.477. The molecule has 3 N–H and O–H groups in total. The largest absolute Gasteiger partial charge is 0.384 e. The zero-order valence-electron chi connectivity index (χ0n) is 19.9. The number of aryl methyl sites for hydroxylation is 1. The van der Waals surface area contributed by atoms with E-state index in [1.165, 1.54) is 23.1 Å². The number of nitrogens with two attached hydrogens (primary N) is 1. The first kappa shape index (κ1) is 23.0. The molecule has 4 aromatic heterocycles. The molecular weight excluding hydrogens is 497 g/mol. The number of pyridine rings is 2. The summed E-state index contributed by atoms with van der Waals surface area (Å²) < 4.78 is 18.4. The van der Waals surface area contributed by atoms with Crippen molar-refractivity contribution in [2.24, 2.45) is 0 Å². The molecule has 0 saturated heterocycles. The number of H-pyrrole nitrogens is 1. The molecule has 0 spiro atoms. The van der Waals surface area contributed by atoms with E-state index in [9.17, 15) is 4.79 Å². The van der Waals surface area contributed by atoms with Crippen LogP contribution in [0.5, 0.6) is 0 Å². The second-order valence-corrected chi connectivity index (χ2v) is 9.50. The van der Waals surface area contributed by atoms with Crippen LogP contribution < -0.4 is 11.3 Å². The van der Waals surface area contributed by atoms with Crippen LogP contribution in [0.4, 0.5) is 10.2 Å². The maximum atomic E-state index is 15.3. The van der Waals surface area contributed by atoms with Gasteiger partial charge in [0.2, 0.25) is 0 Å². The number of tetrazole rings is 1. The molecule has 5 heterocycles. The van der Waals surface area contributed by atoms with Crippen molar-refractivity contribution < 1.29 is 4.39 Å². The Morgan fingerprint density at radius 3 is 2.81 bits per heavy atom. The van der Waals surface area contributed by atoms with E-state index in [1.807, 2.05) is 26.0 Å². The molecule has 0 saturated carbocycles. The molecule has 5 aromatic rings. The first-order valence-electron chi connectivity index (χ1n) is 11.6. The summed E-state index contributed by atoms with van der Waals surface area (Å²) in [6.45, 7) is 3.91. The molecule has 1 aromatic carbocycles. The highest BCUT2D eigenvalue weighted by atomic mass is 35.5. The molecule has 6 rings (SSSR count). The molecule has 0 aliphatic carbocycles. The highest BCUT2D eigenvalue weighted by Gasteiger charge is 2.33. The highest BCUT2D eigenvalue weighted by molar-refractivity contribution is 6.31. The molecule has 0 radical (unpaired) electrons. The van der Waals surface area contributed by atoms with Crippen LogP contribution in [0.3, 0.4) is 0 Å². The predicted octanol–water partition coefficient (Wildman–Crippen LogP) is 4.06. The monoisotopic (exact) mass is 517 g/mol. The number of halogens is 2. The number of benzene rings is 1. The van der Waals surface area contributed by atoms with Crippen molar-refractivity contribution in [2.45, 2.75) is 32.2 Å². The Labute approximate surface area is 215 Å². The van der Waals surface area contributed by atoms with Crippen LogP contribution >= 0.6 is 11.6 Å². The average Bonchev–Trinajstić information content (AvgIpc) is 3.62. The normalized spacial score (nSPS) is 16.8. The van der Waals surface area contributed by atoms with Gasteiger partial charge in [0.05, 0.1) is 28.6 Å². The fraction of sp³-hybridized carbons (Fsp3) is 0.200.